The van der Waals surface area contributed by atoms with Gasteiger partial charge in [0.25, 0.3) is 5.91 Å². The van der Waals surface area contributed by atoms with E-state index < -0.39 is 11.5 Å². The standard InChI is InChI=1S/C21H24N4O3.2ClH/c1-13-11-17(14-5-4-9-22-12-14)28-21(27)19(13)20(26)23-10-8-18-24-15-6-2-3-7-16(15)25-18;;/h2-3,6-7,11,14,22H,4-5,8-10,12H2,1H3,(H,23,26)(H,24,25);2*1H. The van der Waals surface area contributed by atoms with Crippen LogP contribution < -0.4 is 16.3 Å². The summed E-state index contributed by atoms with van der Waals surface area (Å²) < 4.78 is 5.48. The highest BCUT2D eigenvalue weighted by Crippen LogP contribution is 2.23. The molecule has 3 aromatic rings. The van der Waals surface area contributed by atoms with Crippen molar-refractivity contribution in [3.05, 3.63) is 63.5 Å². The van der Waals surface area contributed by atoms with Crippen LogP contribution in [0.1, 0.15) is 46.3 Å². The first-order valence-electron chi connectivity index (χ1n) is 9.69. The molecular formula is C21H26Cl2N4O3. The van der Waals surface area contributed by atoms with E-state index in [1.165, 1.54) is 0 Å². The molecule has 30 heavy (non-hydrogen) atoms. The van der Waals surface area contributed by atoms with Gasteiger partial charge in [0, 0.05) is 25.4 Å². The van der Waals surface area contributed by atoms with Crippen LogP contribution in [0.5, 0.6) is 0 Å². The predicted molar refractivity (Wildman–Crippen MR) is 121 cm³/mol. The van der Waals surface area contributed by atoms with Gasteiger partial charge >= 0.3 is 5.63 Å². The number of nitrogens with one attached hydrogen (secondary N) is 3. The lowest BCUT2D eigenvalue weighted by Gasteiger charge is -2.22. The summed E-state index contributed by atoms with van der Waals surface area (Å²) in [5.74, 6) is 1.24. The molecule has 0 spiro atoms. The largest absolute Gasteiger partial charge is 0.427 e. The van der Waals surface area contributed by atoms with Gasteiger partial charge in [-0.05, 0) is 50.1 Å². The molecule has 1 atom stereocenters. The van der Waals surface area contributed by atoms with Gasteiger partial charge < -0.3 is 20.0 Å². The Labute approximate surface area is 186 Å². The summed E-state index contributed by atoms with van der Waals surface area (Å²) in [4.78, 5) is 32.7. The van der Waals surface area contributed by atoms with Gasteiger partial charge in [-0.15, -0.1) is 24.8 Å². The van der Waals surface area contributed by atoms with Gasteiger partial charge in [0.05, 0.1) is 11.0 Å². The number of amides is 1. The minimum absolute atomic E-state index is 0. The van der Waals surface area contributed by atoms with Crippen LogP contribution in [0.2, 0.25) is 0 Å². The third kappa shape index (κ3) is 5.22. The maximum Gasteiger partial charge on any atom is 0.349 e. The fourth-order valence-electron chi connectivity index (χ4n) is 3.71. The summed E-state index contributed by atoms with van der Waals surface area (Å²) in [6.07, 6.45) is 2.59. The smallest absolute Gasteiger partial charge is 0.349 e. The third-order valence-corrected chi connectivity index (χ3v) is 5.18. The molecular weight excluding hydrogens is 427 g/mol. The third-order valence-electron chi connectivity index (χ3n) is 5.18. The first-order chi connectivity index (χ1) is 13.6. The number of carbonyl (C=O) groups is 1. The molecule has 0 saturated carbocycles. The molecule has 1 aliphatic rings. The number of aromatic nitrogens is 2. The number of rotatable bonds is 5. The zero-order valence-corrected chi connectivity index (χ0v) is 18.3. The van der Waals surface area contributed by atoms with E-state index in [9.17, 15) is 9.59 Å². The van der Waals surface area contributed by atoms with Crippen molar-refractivity contribution in [1.29, 1.82) is 0 Å². The summed E-state index contributed by atoms with van der Waals surface area (Å²) in [6.45, 7) is 3.95. The lowest BCUT2D eigenvalue weighted by Crippen LogP contribution is -2.32. The van der Waals surface area contributed by atoms with Crippen LogP contribution in [0.3, 0.4) is 0 Å². The highest BCUT2D eigenvalue weighted by atomic mass is 35.5. The molecule has 1 fully saturated rings. The van der Waals surface area contributed by atoms with Crippen molar-refractivity contribution in [2.45, 2.75) is 32.1 Å². The molecule has 2 aromatic heterocycles. The summed E-state index contributed by atoms with van der Waals surface area (Å²) in [5, 5.41) is 6.11. The first kappa shape index (κ1) is 23.9. The number of imidazole rings is 1. The van der Waals surface area contributed by atoms with E-state index in [1.54, 1.807) is 6.92 Å². The highest BCUT2D eigenvalue weighted by Gasteiger charge is 2.22. The van der Waals surface area contributed by atoms with Gasteiger partial charge in [0.1, 0.15) is 17.1 Å². The lowest BCUT2D eigenvalue weighted by molar-refractivity contribution is 0.0948. The number of benzene rings is 1. The molecule has 0 radical (unpaired) electrons. The average molecular weight is 453 g/mol. The zero-order valence-electron chi connectivity index (χ0n) is 16.7. The van der Waals surface area contributed by atoms with Crippen LogP contribution in [0.4, 0.5) is 0 Å². The van der Waals surface area contributed by atoms with Crippen molar-refractivity contribution in [2.75, 3.05) is 19.6 Å². The van der Waals surface area contributed by atoms with Crippen molar-refractivity contribution in [1.82, 2.24) is 20.6 Å². The van der Waals surface area contributed by atoms with E-state index in [0.717, 1.165) is 42.8 Å². The van der Waals surface area contributed by atoms with E-state index in [4.69, 9.17) is 4.42 Å². The highest BCUT2D eigenvalue weighted by molar-refractivity contribution is 5.95. The molecule has 1 saturated heterocycles. The van der Waals surface area contributed by atoms with E-state index >= 15 is 0 Å². The van der Waals surface area contributed by atoms with Crippen molar-refractivity contribution in [3.8, 4) is 0 Å². The molecule has 0 bridgehead atoms. The number of aryl methyl sites for hydroxylation is 1. The molecule has 4 rings (SSSR count). The van der Waals surface area contributed by atoms with Crippen molar-refractivity contribution < 1.29 is 9.21 Å². The number of piperidine rings is 1. The minimum atomic E-state index is -0.568. The number of H-pyrrole nitrogens is 1. The average Bonchev–Trinajstić information content (AvgIpc) is 3.11. The van der Waals surface area contributed by atoms with Gasteiger partial charge in [-0.1, -0.05) is 12.1 Å². The van der Waals surface area contributed by atoms with E-state index in [1.807, 2.05) is 30.3 Å². The molecule has 1 unspecified atom stereocenters. The number of aromatic amines is 1. The number of nitrogens with zero attached hydrogens (tertiary/aromatic N) is 1. The Morgan fingerprint density at radius 2 is 2.10 bits per heavy atom. The van der Waals surface area contributed by atoms with Crippen LogP contribution in [-0.4, -0.2) is 35.5 Å². The molecule has 0 aliphatic carbocycles. The lowest BCUT2D eigenvalue weighted by atomic mass is 9.95. The molecule has 1 aliphatic heterocycles. The molecule has 3 N–H and O–H groups in total. The van der Waals surface area contributed by atoms with Gasteiger partial charge in [-0.25, -0.2) is 9.78 Å². The fraction of sp³-hybridized carbons (Fsp3) is 0.381. The van der Waals surface area contributed by atoms with E-state index in [-0.39, 0.29) is 36.3 Å². The van der Waals surface area contributed by atoms with Gasteiger partial charge in [-0.3, -0.25) is 4.79 Å². The predicted octanol–water partition coefficient (Wildman–Crippen LogP) is 3.11. The molecule has 7 nitrogen and oxygen atoms in total. The summed E-state index contributed by atoms with van der Waals surface area (Å²) in [7, 11) is 0. The van der Waals surface area contributed by atoms with Crippen molar-refractivity contribution in [2.24, 2.45) is 0 Å². The van der Waals surface area contributed by atoms with Crippen LogP contribution in [-0.2, 0) is 6.42 Å². The van der Waals surface area contributed by atoms with Gasteiger partial charge in [-0.2, -0.15) is 0 Å². The maximum absolute atomic E-state index is 12.5. The zero-order chi connectivity index (χ0) is 19.5. The van der Waals surface area contributed by atoms with E-state index in [2.05, 4.69) is 20.6 Å². The van der Waals surface area contributed by atoms with E-state index in [0.29, 0.717) is 24.3 Å². The Hall–Kier alpha value is -2.35. The quantitative estimate of drug-likeness (QED) is 0.551. The maximum atomic E-state index is 12.5. The Morgan fingerprint density at radius 3 is 2.80 bits per heavy atom. The van der Waals surface area contributed by atoms with Gasteiger partial charge in [0.2, 0.25) is 0 Å². The molecule has 1 amide bonds. The Balaban J connectivity index is 0.00000160. The molecule has 162 valence electrons. The van der Waals surface area contributed by atoms with Crippen LogP contribution >= 0.6 is 24.8 Å². The molecule has 3 heterocycles. The van der Waals surface area contributed by atoms with Crippen molar-refractivity contribution in [3.63, 3.8) is 0 Å². The molecule has 1 aromatic carbocycles. The second kappa shape index (κ2) is 10.6. The number of fused-ring (bicyclic) bond motifs is 1. The second-order valence-corrected chi connectivity index (χ2v) is 7.24. The summed E-state index contributed by atoms with van der Waals surface area (Å²) in [5.41, 5.74) is 2.03. The topological polar surface area (TPSA) is 100 Å². The number of para-hydroxylation sites is 2. The van der Waals surface area contributed by atoms with Crippen molar-refractivity contribution >= 4 is 41.8 Å². The monoisotopic (exact) mass is 452 g/mol. The first-order valence-corrected chi connectivity index (χ1v) is 9.69. The number of carbonyl (C=O) groups excluding carboxylic acids is 1. The SMILES string of the molecule is Cc1cc(C2CCCNC2)oc(=O)c1C(=O)NCCc1nc2ccccc2[nH]1.Cl.Cl. The van der Waals surface area contributed by atoms with Crippen LogP contribution in [0.25, 0.3) is 11.0 Å². The number of hydrogen-bond donors (Lipinski definition) is 3. The Bertz CT molecular complexity index is 1020. The normalized spacial score (nSPS) is 15.8. The minimum Gasteiger partial charge on any atom is -0.427 e. The summed E-state index contributed by atoms with van der Waals surface area (Å²) in [6, 6.07) is 9.60. The molecule has 9 heteroatoms. The van der Waals surface area contributed by atoms with Crippen LogP contribution in [0, 0.1) is 6.92 Å². The number of hydrogen-bond acceptors (Lipinski definition) is 5. The Morgan fingerprint density at radius 1 is 1.30 bits per heavy atom. The fourth-order valence-corrected chi connectivity index (χ4v) is 3.71. The Kier molecular flexibility index (Phi) is 8.46. The summed E-state index contributed by atoms with van der Waals surface area (Å²) >= 11 is 0. The second-order valence-electron chi connectivity index (χ2n) is 7.24. The number of halogens is 2. The van der Waals surface area contributed by atoms with Crippen LogP contribution in [0.15, 0.2) is 39.5 Å². The van der Waals surface area contributed by atoms with Gasteiger partial charge in [0.15, 0.2) is 0 Å².